The standard InChI is InChI=1S/C43H26N2O2S/c1-3-12-27(13-4-1)30-16-7-9-19-36(30)45(29-22-23-39-33(24-29)31-17-8-10-21-38(31)46-39)37-20-11-18-32-34-25-40-35(26-41(34)48-42(32)37)44-43(47-40)28-14-5-2-6-15-28/h1-26H. The van der Waals surface area contributed by atoms with Crippen LogP contribution >= 0.6 is 11.3 Å². The molecule has 0 saturated carbocycles. The van der Waals surface area contributed by atoms with Crippen LogP contribution in [0.25, 0.3) is 75.8 Å². The first-order valence-corrected chi connectivity index (χ1v) is 16.8. The van der Waals surface area contributed by atoms with E-state index in [1.807, 2.05) is 42.5 Å². The Kier molecular flexibility index (Phi) is 6.01. The van der Waals surface area contributed by atoms with Crippen LogP contribution in [0, 0.1) is 0 Å². The minimum Gasteiger partial charge on any atom is -0.456 e. The van der Waals surface area contributed by atoms with Gasteiger partial charge in [0.2, 0.25) is 5.89 Å². The Bertz CT molecular complexity index is 2790. The minimum absolute atomic E-state index is 0.638. The third-order valence-corrected chi connectivity index (χ3v) is 10.3. The summed E-state index contributed by atoms with van der Waals surface area (Å²) in [5.74, 6) is 0.638. The maximum absolute atomic E-state index is 6.30. The molecular formula is C43H26N2O2S. The normalized spacial score (nSPS) is 11.8. The van der Waals surface area contributed by atoms with Crippen molar-refractivity contribution in [2.75, 3.05) is 4.90 Å². The molecule has 4 nitrogen and oxygen atoms in total. The van der Waals surface area contributed by atoms with E-state index in [0.29, 0.717) is 5.89 Å². The van der Waals surface area contributed by atoms with Crippen molar-refractivity contribution in [2.45, 2.75) is 0 Å². The SMILES string of the molecule is c1ccc(-c2nc3cc4sc5c(N(c6ccc7oc8ccccc8c7c6)c6ccccc6-c6ccccc6)cccc5c4cc3o2)cc1. The van der Waals surface area contributed by atoms with Crippen molar-refractivity contribution in [1.29, 1.82) is 0 Å². The fourth-order valence-corrected chi connectivity index (χ4v) is 8.10. The molecule has 0 aliphatic rings. The van der Waals surface area contributed by atoms with Gasteiger partial charge in [0.25, 0.3) is 0 Å². The number of benzene rings is 7. The molecule has 0 bridgehead atoms. The van der Waals surface area contributed by atoms with E-state index in [4.69, 9.17) is 13.8 Å². The predicted molar refractivity (Wildman–Crippen MR) is 200 cm³/mol. The summed E-state index contributed by atoms with van der Waals surface area (Å²) in [5, 5.41) is 4.54. The highest BCUT2D eigenvalue weighted by Crippen LogP contribution is 2.48. The van der Waals surface area contributed by atoms with Crippen molar-refractivity contribution in [3.8, 4) is 22.6 Å². The zero-order valence-electron chi connectivity index (χ0n) is 25.6. The second-order valence-corrected chi connectivity index (χ2v) is 13.0. The number of rotatable bonds is 5. The maximum atomic E-state index is 6.30. The first-order valence-electron chi connectivity index (χ1n) is 16.0. The molecule has 0 fully saturated rings. The Morgan fingerprint density at radius 1 is 0.479 bits per heavy atom. The molecule has 0 amide bonds. The van der Waals surface area contributed by atoms with Gasteiger partial charge in [-0.1, -0.05) is 97.1 Å². The van der Waals surface area contributed by atoms with E-state index in [1.165, 1.54) is 14.8 Å². The molecule has 5 heteroatoms. The number of hydrogen-bond acceptors (Lipinski definition) is 5. The van der Waals surface area contributed by atoms with Crippen molar-refractivity contribution in [2.24, 2.45) is 0 Å². The van der Waals surface area contributed by atoms with E-state index < -0.39 is 0 Å². The Labute approximate surface area is 279 Å². The highest BCUT2D eigenvalue weighted by atomic mass is 32.1. The molecule has 0 unspecified atom stereocenters. The molecule has 0 radical (unpaired) electrons. The average Bonchev–Trinajstić information content (AvgIpc) is 3.85. The summed E-state index contributed by atoms with van der Waals surface area (Å²) in [6.07, 6.45) is 0. The van der Waals surface area contributed by atoms with Crippen molar-refractivity contribution < 1.29 is 8.83 Å². The largest absolute Gasteiger partial charge is 0.456 e. The van der Waals surface area contributed by atoms with Gasteiger partial charge in [0.05, 0.1) is 16.1 Å². The lowest BCUT2D eigenvalue weighted by Gasteiger charge is -2.28. The molecule has 0 spiro atoms. The van der Waals surface area contributed by atoms with E-state index in [1.54, 1.807) is 11.3 Å². The number of thiophene rings is 1. The molecule has 7 aromatic carbocycles. The predicted octanol–water partition coefficient (Wildman–Crippen LogP) is 12.9. The van der Waals surface area contributed by atoms with E-state index >= 15 is 0 Å². The lowest BCUT2D eigenvalue weighted by Crippen LogP contribution is -2.11. The number of oxazole rings is 1. The molecule has 226 valence electrons. The Morgan fingerprint density at radius 3 is 2.06 bits per heavy atom. The highest BCUT2D eigenvalue weighted by molar-refractivity contribution is 7.26. The van der Waals surface area contributed by atoms with Gasteiger partial charge in [-0.05, 0) is 66.2 Å². The fourth-order valence-electron chi connectivity index (χ4n) is 6.88. The molecule has 10 rings (SSSR count). The van der Waals surface area contributed by atoms with Crippen LogP contribution in [0.5, 0.6) is 0 Å². The zero-order valence-corrected chi connectivity index (χ0v) is 26.4. The van der Waals surface area contributed by atoms with Gasteiger partial charge in [0.1, 0.15) is 16.7 Å². The van der Waals surface area contributed by atoms with Crippen molar-refractivity contribution in [3.05, 3.63) is 158 Å². The number of furan rings is 1. The number of hydrogen-bond donors (Lipinski definition) is 0. The van der Waals surface area contributed by atoms with Crippen LogP contribution < -0.4 is 4.90 Å². The van der Waals surface area contributed by atoms with Crippen LogP contribution in [-0.4, -0.2) is 4.98 Å². The number of para-hydroxylation sites is 2. The van der Waals surface area contributed by atoms with Crippen LogP contribution in [0.2, 0.25) is 0 Å². The van der Waals surface area contributed by atoms with E-state index in [-0.39, 0.29) is 0 Å². The molecule has 48 heavy (non-hydrogen) atoms. The molecule has 0 saturated heterocycles. The molecule has 0 N–H and O–H groups in total. The number of fused-ring (bicyclic) bond motifs is 7. The van der Waals surface area contributed by atoms with E-state index in [2.05, 4.69) is 120 Å². The molecule has 0 atom stereocenters. The summed E-state index contributed by atoms with van der Waals surface area (Å²) in [5.41, 5.74) is 9.97. The minimum atomic E-state index is 0.638. The number of anilines is 3. The topological polar surface area (TPSA) is 42.4 Å². The molecule has 0 aliphatic carbocycles. The summed E-state index contributed by atoms with van der Waals surface area (Å²) < 4.78 is 14.9. The maximum Gasteiger partial charge on any atom is 0.227 e. The smallest absolute Gasteiger partial charge is 0.227 e. The summed E-state index contributed by atoms with van der Waals surface area (Å²) in [6, 6.07) is 55.0. The third-order valence-electron chi connectivity index (χ3n) is 9.10. The van der Waals surface area contributed by atoms with Crippen LogP contribution in [0.15, 0.2) is 167 Å². The monoisotopic (exact) mass is 634 g/mol. The quantitative estimate of drug-likeness (QED) is 0.189. The Morgan fingerprint density at radius 2 is 1.19 bits per heavy atom. The summed E-state index contributed by atoms with van der Waals surface area (Å²) in [6.45, 7) is 0. The second kappa shape index (κ2) is 10.7. The molecule has 3 heterocycles. The highest BCUT2D eigenvalue weighted by Gasteiger charge is 2.22. The lowest BCUT2D eigenvalue weighted by atomic mass is 10.0. The van der Waals surface area contributed by atoms with Gasteiger partial charge in [-0.25, -0.2) is 4.98 Å². The van der Waals surface area contributed by atoms with E-state index in [9.17, 15) is 0 Å². The van der Waals surface area contributed by atoms with Crippen LogP contribution in [0.4, 0.5) is 17.1 Å². The molecular weight excluding hydrogens is 609 g/mol. The molecule has 0 aliphatic heterocycles. The van der Waals surface area contributed by atoms with Gasteiger partial charge in [0.15, 0.2) is 5.58 Å². The number of aromatic nitrogens is 1. The summed E-state index contributed by atoms with van der Waals surface area (Å²) in [4.78, 5) is 7.27. The van der Waals surface area contributed by atoms with Gasteiger partial charge < -0.3 is 13.7 Å². The van der Waals surface area contributed by atoms with E-state index in [0.717, 1.165) is 72.2 Å². The zero-order chi connectivity index (χ0) is 31.6. The first-order chi connectivity index (χ1) is 23.8. The van der Waals surface area contributed by atoms with Crippen molar-refractivity contribution in [1.82, 2.24) is 4.98 Å². The van der Waals surface area contributed by atoms with Gasteiger partial charge in [-0.3, -0.25) is 0 Å². The molecule has 10 aromatic rings. The third kappa shape index (κ3) is 4.25. The first kappa shape index (κ1) is 27.0. The lowest BCUT2D eigenvalue weighted by molar-refractivity contribution is 0.620. The summed E-state index contributed by atoms with van der Waals surface area (Å²) >= 11 is 1.79. The van der Waals surface area contributed by atoms with Gasteiger partial charge >= 0.3 is 0 Å². The second-order valence-electron chi connectivity index (χ2n) is 12.0. The summed E-state index contributed by atoms with van der Waals surface area (Å²) in [7, 11) is 0. The van der Waals surface area contributed by atoms with Gasteiger partial charge in [-0.15, -0.1) is 11.3 Å². The molecule has 3 aromatic heterocycles. The number of nitrogens with zero attached hydrogens (tertiary/aromatic N) is 2. The van der Waals surface area contributed by atoms with Crippen molar-refractivity contribution in [3.63, 3.8) is 0 Å². The fraction of sp³-hybridized carbons (Fsp3) is 0. The van der Waals surface area contributed by atoms with Crippen LogP contribution in [-0.2, 0) is 0 Å². The van der Waals surface area contributed by atoms with Crippen LogP contribution in [0.1, 0.15) is 0 Å². The van der Waals surface area contributed by atoms with Gasteiger partial charge in [-0.2, -0.15) is 0 Å². The Hall–Kier alpha value is -6.17. The van der Waals surface area contributed by atoms with Crippen LogP contribution in [0.3, 0.4) is 0 Å². The average molecular weight is 635 g/mol. The van der Waals surface area contributed by atoms with Gasteiger partial charge in [0, 0.05) is 43.1 Å². The van der Waals surface area contributed by atoms with Crippen molar-refractivity contribution >= 4 is 81.6 Å². The Balaban J connectivity index is 1.22.